The lowest BCUT2D eigenvalue weighted by Crippen LogP contribution is -2.28. The maximum Gasteiger partial charge on any atom is 0.415 e. The fraction of sp³-hybridized carbons (Fsp3) is 0.250. The molecule has 0 aliphatic heterocycles. The van der Waals surface area contributed by atoms with E-state index in [-0.39, 0.29) is 17.8 Å². The van der Waals surface area contributed by atoms with E-state index >= 15 is 0 Å². The van der Waals surface area contributed by atoms with Crippen LogP contribution in [-0.4, -0.2) is 24.9 Å². The zero-order valence-corrected chi connectivity index (χ0v) is 8.25. The fourth-order valence-corrected chi connectivity index (χ4v) is 0.865. The Hall–Kier alpha value is -1.33. The van der Waals surface area contributed by atoms with E-state index in [4.69, 9.17) is 16.3 Å². The van der Waals surface area contributed by atoms with Crippen LogP contribution < -0.4 is 10.1 Å². The Morgan fingerprint density at radius 3 is 3.07 bits per heavy atom. The number of halogens is 1. The summed E-state index contributed by atoms with van der Waals surface area (Å²) in [6, 6.07) is 4.74. The van der Waals surface area contributed by atoms with Gasteiger partial charge in [-0.1, -0.05) is 17.7 Å². The summed E-state index contributed by atoms with van der Waals surface area (Å²) in [6.07, 6.45) is -0.637. The zero-order valence-electron chi connectivity index (χ0n) is 7.49. The lowest BCUT2D eigenvalue weighted by molar-refractivity contribution is 0.152. The summed E-state index contributed by atoms with van der Waals surface area (Å²) in [5.74, 6) is 0.145. The number of hydrogen-bond donors (Lipinski definition) is 1. The first kappa shape index (κ1) is 10.7. The van der Waals surface area contributed by atoms with Crippen molar-refractivity contribution in [1.29, 1.82) is 0 Å². The van der Waals surface area contributed by atoms with Gasteiger partial charge >= 0.3 is 6.09 Å². The number of carbonyl (C=O) groups excluding carboxylic acids is 1. The number of aromatic nitrogens is 1. The SMILES string of the molecule is COCNC(=O)Oc1cccc(Cl)n1. The number of methoxy groups -OCH3 is 1. The van der Waals surface area contributed by atoms with E-state index < -0.39 is 6.09 Å². The van der Waals surface area contributed by atoms with E-state index in [1.165, 1.54) is 13.2 Å². The van der Waals surface area contributed by atoms with Crippen LogP contribution in [0.15, 0.2) is 18.2 Å². The van der Waals surface area contributed by atoms with Gasteiger partial charge in [-0.3, -0.25) is 5.32 Å². The smallest absolute Gasteiger partial charge is 0.391 e. The van der Waals surface area contributed by atoms with Crippen LogP contribution >= 0.6 is 11.6 Å². The number of amides is 1. The van der Waals surface area contributed by atoms with Crippen molar-refractivity contribution in [3.8, 4) is 5.88 Å². The number of rotatable bonds is 3. The van der Waals surface area contributed by atoms with Crippen molar-refractivity contribution in [2.45, 2.75) is 0 Å². The average Bonchev–Trinajstić information content (AvgIpc) is 2.15. The lowest BCUT2D eigenvalue weighted by atomic mass is 10.5. The molecular formula is C8H9ClN2O3. The number of nitrogens with one attached hydrogen (secondary N) is 1. The second kappa shape index (κ2) is 5.41. The Bertz CT molecular complexity index is 319. The second-order valence-corrected chi connectivity index (χ2v) is 2.69. The van der Waals surface area contributed by atoms with Gasteiger partial charge in [-0.05, 0) is 6.07 Å². The maximum absolute atomic E-state index is 11.0. The lowest BCUT2D eigenvalue weighted by Gasteiger charge is -2.04. The summed E-state index contributed by atoms with van der Waals surface area (Å²) < 4.78 is 9.39. The van der Waals surface area contributed by atoms with Gasteiger partial charge in [0.15, 0.2) is 0 Å². The van der Waals surface area contributed by atoms with Crippen molar-refractivity contribution in [3.05, 3.63) is 23.4 Å². The highest BCUT2D eigenvalue weighted by atomic mass is 35.5. The van der Waals surface area contributed by atoms with E-state index in [1.807, 2.05) is 0 Å². The Labute approximate surface area is 86.0 Å². The Morgan fingerprint density at radius 1 is 1.64 bits per heavy atom. The van der Waals surface area contributed by atoms with Gasteiger partial charge in [-0.2, -0.15) is 0 Å². The second-order valence-electron chi connectivity index (χ2n) is 2.30. The third-order valence-electron chi connectivity index (χ3n) is 1.25. The Kier molecular flexibility index (Phi) is 4.15. The predicted octanol–water partition coefficient (Wildman–Crippen LogP) is 1.43. The highest BCUT2D eigenvalue weighted by molar-refractivity contribution is 6.29. The molecule has 0 saturated heterocycles. The molecule has 0 spiro atoms. The molecule has 0 aromatic carbocycles. The molecule has 1 heterocycles. The molecule has 0 radical (unpaired) electrons. The number of ether oxygens (including phenoxy) is 2. The van der Waals surface area contributed by atoms with Crippen LogP contribution in [0.2, 0.25) is 5.15 Å². The van der Waals surface area contributed by atoms with Crippen LogP contribution in [0.4, 0.5) is 4.79 Å². The van der Waals surface area contributed by atoms with Crippen LogP contribution in [0.1, 0.15) is 0 Å². The summed E-state index contributed by atoms with van der Waals surface area (Å²) in [7, 11) is 1.46. The topological polar surface area (TPSA) is 60.5 Å². The summed E-state index contributed by atoms with van der Waals surface area (Å²) in [5.41, 5.74) is 0. The van der Waals surface area contributed by atoms with Crippen molar-refractivity contribution in [2.24, 2.45) is 0 Å². The van der Waals surface area contributed by atoms with Gasteiger partial charge in [0, 0.05) is 13.2 Å². The van der Waals surface area contributed by atoms with E-state index in [2.05, 4.69) is 15.0 Å². The number of hydrogen-bond acceptors (Lipinski definition) is 4. The van der Waals surface area contributed by atoms with Crippen molar-refractivity contribution >= 4 is 17.7 Å². The number of nitrogens with zero attached hydrogens (tertiary/aromatic N) is 1. The first-order chi connectivity index (χ1) is 6.72. The van der Waals surface area contributed by atoms with Gasteiger partial charge in [-0.15, -0.1) is 0 Å². The van der Waals surface area contributed by atoms with E-state index in [9.17, 15) is 4.79 Å². The van der Waals surface area contributed by atoms with Crippen molar-refractivity contribution < 1.29 is 14.3 Å². The molecule has 1 N–H and O–H groups in total. The number of pyridine rings is 1. The van der Waals surface area contributed by atoms with Crippen molar-refractivity contribution in [2.75, 3.05) is 13.8 Å². The molecule has 0 fully saturated rings. The van der Waals surface area contributed by atoms with Gasteiger partial charge < -0.3 is 9.47 Å². The molecule has 0 saturated carbocycles. The predicted molar refractivity (Wildman–Crippen MR) is 50.3 cm³/mol. The first-order valence-corrected chi connectivity index (χ1v) is 4.17. The zero-order chi connectivity index (χ0) is 10.4. The molecule has 76 valence electrons. The Balaban J connectivity index is 2.47. The van der Waals surface area contributed by atoms with Gasteiger partial charge in [0.2, 0.25) is 5.88 Å². The summed E-state index contributed by atoms with van der Waals surface area (Å²) in [4.78, 5) is 14.7. The third-order valence-corrected chi connectivity index (χ3v) is 1.46. The van der Waals surface area contributed by atoms with E-state index in [0.29, 0.717) is 0 Å². The molecule has 0 bridgehead atoms. The molecule has 1 aromatic heterocycles. The quantitative estimate of drug-likeness (QED) is 0.613. The van der Waals surface area contributed by atoms with Crippen molar-refractivity contribution in [1.82, 2.24) is 10.3 Å². The number of carbonyl (C=O) groups is 1. The van der Waals surface area contributed by atoms with E-state index in [1.54, 1.807) is 12.1 Å². The summed E-state index contributed by atoms with van der Waals surface area (Å²) in [6.45, 7) is 0.0827. The molecule has 5 nitrogen and oxygen atoms in total. The Morgan fingerprint density at radius 2 is 2.43 bits per heavy atom. The molecule has 0 unspecified atom stereocenters. The molecule has 6 heteroatoms. The third kappa shape index (κ3) is 3.59. The molecule has 1 amide bonds. The van der Waals surface area contributed by atoms with Crippen molar-refractivity contribution in [3.63, 3.8) is 0 Å². The van der Waals surface area contributed by atoms with E-state index in [0.717, 1.165) is 0 Å². The molecule has 0 atom stereocenters. The summed E-state index contributed by atoms with van der Waals surface area (Å²) >= 11 is 5.59. The van der Waals surface area contributed by atoms with Crippen LogP contribution in [0.5, 0.6) is 5.88 Å². The average molecular weight is 217 g/mol. The van der Waals surface area contributed by atoms with Crippen LogP contribution in [0.25, 0.3) is 0 Å². The summed E-state index contributed by atoms with van der Waals surface area (Å²) in [5, 5.41) is 2.60. The van der Waals surface area contributed by atoms with Gasteiger partial charge in [0.25, 0.3) is 0 Å². The van der Waals surface area contributed by atoms with Gasteiger partial charge in [0.1, 0.15) is 11.9 Å². The minimum absolute atomic E-state index is 0.0827. The maximum atomic E-state index is 11.0. The molecule has 14 heavy (non-hydrogen) atoms. The largest absolute Gasteiger partial charge is 0.415 e. The first-order valence-electron chi connectivity index (χ1n) is 3.79. The van der Waals surface area contributed by atoms with Crippen LogP contribution in [-0.2, 0) is 4.74 Å². The van der Waals surface area contributed by atoms with Crippen LogP contribution in [0, 0.1) is 0 Å². The minimum atomic E-state index is -0.637. The van der Waals surface area contributed by atoms with Gasteiger partial charge in [0.05, 0.1) is 0 Å². The minimum Gasteiger partial charge on any atom is -0.391 e. The van der Waals surface area contributed by atoms with Crippen LogP contribution in [0.3, 0.4) is 0 Å². The molecule has 0 aliphatic rings. The molecule has 0 aliphatic carbocycles. The highest BCUT2D eigenvalue weighted by Gasteiger charge is 2.03. The molecule has 1 aromatic rings. The fourth-order valence-electron chi connectivity index (χ4n) is 0.709. The molecular weight excluding hydrogens is 208 g/mol. The molecule has 1 rings (SSSR count). The van der Waals surface area contributed by atoms with Gasteiger partial charge in [-0.25, -0.2) is 9.78 Å². The monoisotopic (exact) mass is 216 g/mol. The standard InChI is InChI=1S/C8H9ClN2O3/c1-13-5-10-8(12)14-7-4-2-3-6(9)11-7/h2-4H,5H2,1H3,(H,10,12). The normalized spacial score (nSPS) is 9.57. The highest BCUT2D eigenvalue weighted by Crippen LogP contribution is 2.11.